The molecule has 0 aromatic rings. The Morgan fingerprint density at radius 2 is 2.05 bits per heavy atom. The molecule has 0 aromatic heterocycles. The van der Waals surface area contributed by atoms with E-state index >= 15 is 0 Å². The maximum Gasteiger partial charge on any atom is 0.0685 e. The van der Waals surface area contributed by atoms with Crippen LogP contribution in [0.2, 0.25) is 0 Å². The average molecular weight is 312 g/mol. The summed E-state index contributed by atoms with van der Waals surface area (Å²) in [5.74, 6) is 2.17. The van der Waals surface area contributed by atoms with E-state index in [0.29, 0.717) is 10.8 Å². The molecular weight excluding hydrogens is 278 g/mol. The fourth-order valence-corrected chi connectivity index (χ4v) is 6.44. The molecular formula is C18H33NOS. The highest BCUT2D eigenvalue weighted by atomic mass is 32.2. The van der Waals surface area contributed by atoms with Gasteiger partial charge in [0.05, 0.1) is 5.60 Å². The minimum atomic E-state index is 0.259. The van der Waals surface area contributed by atoms with Crippen molar-refractivity contribution in [3.05, 3.63) is 0 Å². The zero-order valence-corrected chi connectivity index (χ0v) is 14.8. The zero-order chi connectivity index (χ0) is 14.8. The molecule has 1 N–H and O–H groups in total. The lowest BCUT2D eigenvalue weighted by molar-refractivity contribution is -0.0995. The lowest BCUT2D eigenvalue weighted by Gasteiger charge is -2.46. The van der Waals surface area contributed by atoms with Crippen molar-refractivity contribution in [2.45, 2.75) is 88.0 Å². The van der Waals surface area contributed by atoms with Crippen LogP contribution in [0, 0.1) is 5.92 Å². The smallest absolute Gasteiger partial charge is 0.0685 e. The lowest BCUT2D eigenvalue weighted by Crippen LogP contribution is -2.54. The normalized spacial score (nSPS) is 37.1. The second-order valence-electron chi connectivity index (χ2n) is 7.69. The number of nitrogens with one attached hydrogen (secondary N) is 1. The molecule has 2 aliphatic heterocycles. The molecule has 3 atom stereocenters. The third-order valence-electron chi connectivity index (χ3n) is 6.04. The van der Waals surface area contributed by atoms with E-state index in [1.807, 2.05) is 0 Å². The molecule has 1 aliphatic carbocycles. The van der Waals surface area contributed by atoms with Gasteiger partial charge in [-0.3, -0.25) is 0 Å². The van der Waals surface area contributed by atoms with E-state index in [1.54, 1.807) is 0 Å². The van der Waals surface area contributed by atoms with Gasteiger partial charge in [0, 0.05) is 17.4 Å². The second kappa shape index (κ2) is 6.80. The molecule has 2 nitrogen and oxygen atoms in total. The van der Waals surface area contributed by atoms with Crippen molar-refractivity contribution in [2.75, 3.05) is 18.9 Å². The van der Waals surface area contributed by atoms with E-state index < -0.39 is 0 Å². The lowest BCUT2D eigenvalue weighted by atomic mass is 9.75. The van der Waals surface area contributed by atoms with Gasteiger partial charge in [0.25, 0.3) is 0 Å². The molecule has 2 saturated heterocycles. The van der Waals surface area contributed by atoms with Crippen molar-refractivity contribution >= 4 is 11.8 Å². The van der Waals surface area contributed by atoms with Gasteiger partial charge >= 0.3 is 0 Å². The summed E-state index contributed by atoms with van der Waals surface area (Å²) >= 11 is 2.22. The van der Waals surface area contributed by atoms with Gasteiger partial charge in [-0.05, 0) is 70.1 Å². The predicted molar refractivity (Wildman–Crippen MR) is 92.1 cm³/mol. The highest BCUT2D eigenvalue weighted by Gasteiger charge is 2.47. The van der Waals surface area contributed by atoms with Crippen LogP contribution < -0.4 is 5.32 Å². The first-order valence-corrected chi connectivity index (χ1v) is 10.2. The van der Waals surface area contributed by atoms with E-state index in [4.69, 9.17) is 4.74 Å². The molecule has 3 fully saturated rings. The second-order valence-corrected chi connectivity index (χ2v) is 9.32. The maximum atomic E-state index is 6.27. The summed E-state index contributed by atoms with van der Waals surface area (Å²) in [6, 6.07) is 0.686. The van der Waals surface area contributed by atoms with Gasteiger partial charge in [-0.15, -0.1) is 0 Å². The molecule has 3 heteroatoms. The Morgan fingerprint density at radius 1 is 1.24 bits per heavy atom. The summed E-state index contributed by atoms with van der Waals surface area (Å²) in [4.78, 5) is 0. The van der Waals surface area contributed by atoms with Crippen LogP contribution in [0.15, 0.2) is 0 Å². The fourth-order valence-electron chi connectivity index (χ4n) is 4.94. The van der Waals surface area contributed by atoms with Crippen molar-refractivity contribution in [3.63, 3.8) is 0 Å². The summed E-state index contributed by atoms with van der Waals surface area (Å²) in [5.41, 5.74) is 0.259. The number of hydrogen-bond donors (Lipinski definition) is 1. The Hall–Kier alpha value is 0.270. The average Bonchev–Trinajstić information content (AvgIpc) is 3.10. The van der Waals surface area contributed by atoms with E-state index in [9.17, 15) is 0 Å². The summed E-state index contributed by atoms with van der Waals surface area (Å²) in [6.07, 6.45) is 12.0. The monoisotopic (exact) mass is 311 g/mol. The predicted octanol–water partition coefficient (Wildman–Crippen LogP) is 4.38. The molecule has 3 unspecified atom stereocenters. The van der Waals surface area contributed by atoms with Crippen molar-refractivity contribution in [2.24, 2.45) is 5.92 Å². The van der Waals surface area contributed by atoms with Gasteiger partial charge in [0.1, 0.15) is 0 Å². The van der Waals surface area contributed by atoms with Crippen LogP contribution in [-0.4, -0.2) is 35.3 Å². The summed E-state index contributed by atoms with van der Waals surface area (Å²) in [5, 5.41) is 3.95. The maximum absolute atomic E-state index is 6.27. The summed E-state index contributed by atoms with van der Waals surface area (Å²) in [6.45, 7) is 6.98. The molecule has 0 radical (unpaired) electrons. The molecule has 0 bridgehead atoms. The third-order valence-corrected chi connectivity index (χ3v) is 7.65. The van der Waals surface area contributed by atoms with Crippen LogP contribution in [-0.2, 0) is 4.74 Å². The van der Waals surface area contributed by atoms with Gasteiger partial charge in [-0.25, -0.2) is 0 Å². The highest BCUT2D eigenvalue weighted by Crippen LogP contribution is 2.48. The molecule has 1 saturated carbocycles. The molecule has 2 heterocycles. The third kappa shape index (κ3) is 3.45. The fraction of sp³-hybridized carbons (Fsp3) is 1.00. The van der Waals surface area contributed by atoms with Crippen LogP contribution in [0.5, 0.6) is 0 Å². The summed E-state index contributed by atoms with van der Waals surface area (Å²) in [7, 11) is 0. The summed E-state index contributed by atoms with van der Waals surface area (Å²) < 4.78 is 6.73. The number of thioether (sulfide) groups is 1. The SMILES string of the molecule is CCCNC(C1CCOC2(CCCC2)C1)C1(C)CCCS1. The zero-order valence-electron chi connectivity index (χ0n) is 14.0. The van der Waals surface area contributed by atoms with Crippen molar-refractivity contribution in [3.8, 4) is 0 Å². The van der Waals surface area contributed by atoms with Crippen LogP contribution in [0.25, 0.3) is 0 Å². The van der Waals surface area contributed by atoms with Crippen LogP contribution in [0.3, 0.4) is 0 Å². The number of ether oxygens (including phenoxy) is 1. The van der Waals surface area contributed by atoms with E-state index in [1.165, 1.54) is 70.1 Å². The van der Waals surface area contributed by atoms with Gasteiger partial charge in [0.15, 0.2) is 0 Å². The number of hydrogen-bond acceptors (Lipinski definition) is 3. The Kier molecular flexibility index (Phi) is 5.23. The number of rotatable bonds is 5. The van der Waals surface area contributed by atoms with E-state index in [-0.39, 0.29) is 5.60 Å². The molecule has 3 rings (SSSR count). The standard InChI is InChI=1S/C18H33NOS/c1-3-11-19-16(17(2)8-6-13-21-17)15-7-12-20-18(14-15)9-4-5-10-18/h15-16,19H,3-14H2,1-2H3. The molecule has 0 aromatic carbocycles. The molecule has 21 heavy (non-hydrogen) atoms. The van der Waals surface area contributed by atoms with Crippen LogP contribution >= 0.6 is 11.8 Å². The van der Waals surface area contributed by atoms with Crippen molar-refractivity contribution in [1.29, 1.82) is 0 Å². The first-order chi connectivity index (χ1) is 10.2. The van der Waals surface area contributed by atoms with Gasteiger partial charge in [-0.2, -0.15) is 11.8 Å². The topological polar surface area (TPSA) is 21.3 Å². The van der Waals surface area contributed by atoms with Crippen molar-refractivity contribution < 1.29 is 4.74 Å². The molecule has 122 valence electrons. The Bertz CT molecular complexity index is 334. The van der Waals surface area contributed by atoms with E-state index in [2.05, 4.69) is 30.9 Å². The van der Waals surface area contributed by atoms with Crippen LogP contribution in [0.4, 0.5) is 0 Å². The van der Waals surface area contributed by atoms with Crippen LogP contribution in [0.1, 0.15) is 71.6 Å². The first kappa shape index (κ1) is 16.1. The minimum Gasteiger partial charge on any atom is -0.375 e. The Morgan fingerprint density at radius 3 is 2.71 bits per heavy atom. The van der Waals surface area contributed by atoms with E-state index in [0.717, 1.165) is 12.5 Å². The molecule has 1 spiro atoms. The van der Waals surface area contributed by atoms with Gasteiger partial charge < -0.3 is 10.1 Å². The Labute approximate surface area is 135 Å². The highest BCUT2D eigenvalue weighted by molar-refractivity contribution is 8.00. The molecule has 3 aliphatic rings. The quantitative estimate of drug-likeness (QED) is 0.814. The Balaban J connectivity index is 1.72. The first-order valence-electron chi connectivity index (χ1n) is 9.19. The minimum absolute atomic E-state index is 0.259. The van der Waals surface area contributed by atoms with Gasteiger partial charge in [0.2, 0.25) is 0 Å². The van der Waals surface area contributed by atoms with Crippen molar-refractivity contribution in [1.82, 2.24) is 5.32 Å². The van der Waals surface area contributed by atoms with Gasteiger partial charge in [-0.1, -0.05) is 19.8 Å². The largest absolute Gasteiger partial charge is 0.375 e. The molecule has 0 amide bonds.